The van der Waals surface area contributed by atoms with Gasteiger partial charge >= 0.3 is 0 Å². The highest BCUT2D eigenvalue weighted by Gasteiger charge is 2.35. The van der Waals surface area contributed by atoms with E-state index in [0.29, 0.717) is 0 Å². The molecule has 3 aliphatic rings. The normalized spacial score (nSPS) is 23.9. The molecule has 0 saturated heterocycles. The third kappa shape index (κ3) is 2.51. The van der Waals surface area contributed by atoms with Gasteiger partial charge in [-0.1, -0.05) is 6.07 Å². The fourth-order valence-electron chi connectivity index (χ4n) is 4.39. The molecule has 0 atom stereocenters. The molecular weight excluding hydrogens is 310 g/mol. The Bertz CT molecular complexity index is 707. The van der Waals surface area contributed by atoms with Crippen molar-refractivity contribution in [2.45, 2.75) is 32.6 Å². The largest absolute Gasteiger partial charge is 0.316 e. The summed E-state index contributed by atoms with van der Waals surface area (Å²) in [5, 5.41) is 7.15. The van der Waals surface area contributed by atoms with Crippen molar-refractivity contribution in [2.75, 3.05) is 13.6 Å². The van der Waals surface area contributed by atoms with Crippen LogP contribution in [0, 0.1) is 18.8 Å². The van der Waals surface area contributed by atoms with Gasteiger partial charge in [0.15, 0.2) is 0 Å². The predicted octanol–water partition coefficient (Wildman–Crippen LogP) is 5.42. The van der Waals surface area contributed by atoms with Crippen molar-refractivity contribution < 1.29 is 0 Å². The molecule has 1 heterocycles. The molecule has 2 aromatic rings. The number of hydrogen-bond donors (Lipinski definition) is 1. The zero-order valence-electron chi connectivity index (χ0n) is 13.3. The van der Waals surface area contributed by atoms with Crippen LogP contribution in [0.15, 0.2) is 29.2 Å². The minimum absolute atomic E-state index is 0. The van der Waals surface area contributed by atoms with Gasteiger partial charge < -0.3 is 5.32 Å². The number of thiophene rings is 1. The third-order valence-corrected chi connectivity index (χ3v) is 6.50. The van der Waals surface area contributed by atoms with Gasteiger partial charge in [0.05, 0.1) is 0 Å². The summed E-state index contributed by atoms with van der Waals surface area (Å²) in [4.78, 5) is 0. The average molecular weight is 334 g/mol. The molecule has 1 fully saturated rings. The van der Waals surface area contributed by atoms with Crippen LogP contribution in [-0.4, -0.2) is 13.6 Å². The van der Waals surface area contributed by atoms with Crippen LogP contribution in [0.1, 0.15) is 36.8 Å². The van der Waals surface area contributed by atoms with Crippen LogP contribution in [0.3, 0.4) is 0 Å². The summed E-state index contributed by atoms with van der Waals surface area (Å²) in [5.74, 6) is 1.63. The zero-order chi connectivity index (χ0) is 14.4. The van der Waals surface area contributed by atoms with Crippen LogP contribution in [-0.2, 0) is 0 Å². The van der Waals surface area contributed by atoms with Crippen molar-refractivity contribution in [3.63, 3.8) is 0 Å². The molecule has 3 aliphatic carbocycles. The number of hydrogen-bond acceptors (Lipinski definition) is 2. The number of rotatable bonds is 3. The van der Waals surface area contributed by atoms with Gasteiger partial charge in [0.25, 0.3) is 0 Å². The summed E-state index contributed by atoms with van der Waals surface area (Å²) in [6.07, 6.45) is 5.61. The van der Waals surface area contributed by atoms with Crippen LogP contribution in [0.4, 0.5) is 0 Å². The number of allylic oxidation sites excluding steroid dienone is 1. The van der Waals surface area contributed by atoms with E-state index in [1.807, 2.05) is 11.3 Å². The Balaban J connectivity index is 0.00000144. The van der Waals surface area contributed by atoms with E-state index >= 15 is 0 Å². The minimum atomic E-state index is 0. The fraction of sp³-hybridized carbons (Fsp3) is 0.474. The molecule has 1 aromatic carbocycles. The van der Waals surface area contributed by atoms with E-state index in [-0.39, 0.29) is 12.4 Å². The van der Waals surface area contributed by atoms with Crippen molar-refractivity contribution in [3.8, 4) is 0 Å². The maximum absolute atomic E-state index is 3.41. The molecule has 5 rings (SSSR count). The fourth-order valence-corrected chi connectivity index (χ4v) is 5.31. The number of halogens is 1. The first-order valence-electron chi connectivity index (χ1n) is 8.13. The second-order valence-corrected chi connectivity index (χ2v) is 7.56. The molecule has 0 radical (unpaired) electrons. The van der Waals surface area contributed by atoms with Crippen molar-refractivity contribution in [3.05, 3.63) is 40.3 Å². The van der Waals surface area contributed by atoms with E-state index in [1.165, 1.54) is 46.9 Å². The second kappa shape index (κ2) is 6.35. The molecule has 1 aromatic heterocycles. The highest BCUT2D eigenvalue weighted by molar-refractivity contribution is 7.17. The lowest BCUT2D eigenvalue weighted by Gasteiger charge is -2.41. The molecule has 3 heteroatoms. The number of benzene rings is 1. The summed E-state index contributed by atoms with van der Waals surface area (Å²) in [7, 11) is 2.08. The van der Waals surface area contributed by atoms with Crippen molar-refractivity contribution >= 4 is 39.4 Å². The van der Waals surface area contributed by atoms with Crippen LogP contribution >= 0.6 is 23.7 Å². The Kier molecular flexibility index (Phi) is 4.63. The highest BCUT2D eigenvalue weighted by atomic mass is 35.5. The molecule has 1 saturated carbocycles. The van der Waals surface area contributed by atoms with Crippen molar-refractivity contribution in [1.82, 2.24) is 5.32 Å². The Labute approximate surface area is 143 Å². The Morgan fingerprint density at radius 2 is 1.86 bits per heavy atom. The predicted molar refractivity (Wildman–Crippen MR) is 100 cm³/mol. The number of nitrogens with one attached hydrogen (secondary N) is 1. The van der Waals surface area contributed by atoms with Crippen LogP contribution in [0.5, 0.6) is 0 Å². The maximum atomic E-state index is 3.41. The first-order valence-corrected chi connectivity index (χ1v) is 9.01. The Morgan fingerprint density at radius 1 is 1.14 bits per heavy atom. The first kappa shape index (κ1) is 16.0. The maximum Gasteiger partial charge on any atom is 0.0345 e. The van der Waals surface area contributed by atoms with E-state index in [0.717, 1.165) is 18.4 Å². The standard InChI is InChI=1S/C19H23NS.ClH/c1-12-11-21-18-8-7-15(9-16(12)18)19-14-5-3-13(4-6-14)17(19)10-20-2;/h7-9,11,13-14,20H,3-6,10H2,1-2H3;1H. The van der Waals surface area contributed by atoms with E-state index in [1.54, 1.807) is 11.1 Å². The number of aryl methyl sites for hydroxylation is 1. The lowest BCUT2D eigenvalue weighted by molar-refractivity contribution is 0.319. The second-order valence-electron chi connectivity index (χ2n) is 6.65. The lowest BCUT2D eigenvalue weighted by atomic mass is 9.65. The van der Waals surface area contributed by atoms with Gasteiger partial charge in [-0.3, -0.25) is 0 Å². The van der Waals surface area contributed by atoms with Crippen molar-refractivity contribution in [2.24, 2.45) is 11.8 Å². The zero-order valence-corrected chi connectivity index (χ0v) is 14.9. The van der Waals surface area contributed by atoms with E-state index in [9.17, 15) is 0 Å². The number of fused-ring (bicyclic) bond motifs is 3. The topological polar surface area (TPSA) is 12.0 Å². The molecule has 1 nitrogen and oxygen atoms in total. The third-order valence-electron chi connectivity index (χ3n) is 5.42. The smallest absolute Gasteiger partial charge is 0.0345 e. The molecule has 22 heavy (non-hydrogen) atoms. The van der Waals surface area contributed by atoms with Gasteiger partial charge in [-0.25, -0.2) is 0 Å². The van der Waals surface area contributed by atoms with Gasteiger partial charge in [0, 0.05) is 11.2 Å². The molecule has 0 unspecified atom stereocenters. The number of likely N-dealkylation sites (N-methyl/N-ethyl adjacent to an activating group) is 1. The molecule has 0 aliphatic heterocycles. The summed E-state index contributed by atoms with van der Waals surface area (Å²) in [6.45, 7) is 3.30. The van der Waals surface area contributed by atoms with Gasteiger partial charge in [-0.2, -0.15) is 0 Å². The summed E-state index contributed by atoms with van der Waals surface area (Å²) in [5.41, 5.74) is 6.30. The Morgan fingerprint density at radius 3 is 2.59 bits per heavy atom. The van der Waals surface area contributed by atoms with Gasteiger partial charge in [0.1, 0.15) is 0 Å². The molecule has 0 spiro atoms. The van der Waals surface area contributed by atoms with Gasteiger partial charge in [0.2, 0.25) is 0 Å². The SMILES string of the molecule is CNCC1=C(c2ccc3scc(C)c3c2)C2CCC1CC2.Cl. The molecule has 1 N–H and O–H groups in total. The first-order chi connectivity index (χ1) is 10.3. The molecular formula is C19H24ClNS. The monoisotopic (exact) mass is 333 g/mol. The van der Waals surface area contributed by atoms with Gasteiger partial charge in [-0.05, 0) is 96.7 Å². The molecule has 118 valence electrons. The highest BCUT2D eigenvalue weighted by Crippen LogP contribution is 2.49. The minimum Gasteiger partial charge on any atom is -0.316 e. The summed E-state index contributed by atoms with van der Waals surface area (Å²) in [6, 6.07) is 7.14. The van der Waals surface area contributed by atoms with Crippen LogP contribution in [0.25, 0.3) is 15.7 Å². The van der Waals surface area contributed by atoms with Crippen LogP contribution < -0.4 is 5.32 Å². The van der Waals surface area contributed by atoms with E-state index in [2.05, 4.69) is 42.9 Å². The Hall–Kier alpha value is -0.830. The van der Waals surface area contributed by atoms with E-state index in [4.69, 9.17) is 0 Å². The van der Waals surface area contributed by atoms with E-state index < -0.39 is 0 Å². The quantitative estimate of drug-likeness (QED) is 0.790. The van der Waals surface area contributed by atoms with Crippen molar-refractivity contribution in [1.29, 1.82) is 0 Å². The summed E-state index contributed by atoms with van der Waals surface area (Å²) < 4.78 is 1.42. The lowest BCUT2D eigenvalue weighted by Crippen LogP contribution is -2.30. The van der Waals surface area contributed by atoms with Crippen LogP contribution in [0.2, 0.25) is 0 Å². The van der Waals surface area contributed by atoms with Gasteiger partial charge in [-0.15, -0.1) is 23.7 Å². The average Bonchev–Trinajstić information content (AvgIpc) is 2.90. The molecule has 0 amide bonds. The summed E-state index contributed by atoms with van der Waals surface area (Å²) >= 11 is 1.87. The molecule has 2 bridgehead atoms.